The summed E-state index contributed by atoms with van der Waals surface area (Å²) < 4.78 is 0. The first-order valence-corrected chi connectivity index (χ1v) is 10.2. The quantitative estimate of drug-likeness (QED) is 0.354. The third kappa shape index (κ3) is 5.46. The van der Waals surface area contributed by atoms with E-state index >= 15 is 0 Å². The van der Waals surface area contributed by atoms with E-state index in [1.165, 1.54) is 43.2 Å². The fraction of sp³-hybridized carbons (Fsp3) is 0.385. The van der Waals surface area contributed by atoms with Crippen molar-refractivity contribution in [3.05, 3.63) is 94.6 Å². The van der Waals surface area contributed by atoms with Gasteiger partial charge in [0.05, 0.1) is 0 Å². The molecule has 0 radical (unpaired) electrons. The van der Waals surface area contributed by atoms with Crippen molar-refractivity contribution < 1.29 is 0 Å². The standard InChI is InChI=1S/C26H32/c1-21-14-19-26(22(21)2)13-9-4-3-6-10-23-15-17-25(18-16-23)20-24-11-7-5-8-12-24/h5-8,10-13,15,17-18,23H,3-4,9,14,16,19-20H2,1-2H3/b10-6-,26-13-. The molecule has 0 spiro atoms. The molecule has 0 nitrogen and oxygen atoms in total. The third-order valence-electron chi connectivity index (χ3n) is 5.70. The lowest BCUT2D eigenvalue weighted by Gasteiger charge is -2.13. The molecule has 1 aromatic carbocycles. The molecule has 0 saturated carbocycles. The van der Waals surface area contributed by atoms with Crippen LogP contribution in [0.2, 0.25) is 0 Å². The molecule has 0 aliphatic heterocycles. The fourth-order valence-electron chi connectivity index (χ4n) is 3.80. The molecule has 0 saturated heterocycles. The van der Waals surface area contributed by atoms with Gasteiger partial charge in [-0.15, -0.1) is 0 Å². The van der Waals surface area contributed by atoms with Gasteiger partial charge in [0, 0.05) is 0 Å². The molecular formula is C26H32. The van der Waals surface area contributed by atoms with Gasteiger partial charge in [-0.05, 0) is 87.0 Å². The van der Waals surface area contributed by atoms with Crippen LogP contribution in [0.15, 0.2) is 89.1 Å². The van der Waals surface area contributed by atoms with Gasteiger partial charge in [-0.1, -0.05) is 72.4 Å². The van der Waals surface area contributed by atoms with Crippen molar-refractivity contribution in [3.8, 4) is 0 Å². The van der Waals surface area contributed by atoms with E-state index in [4.69, 9.17) is 0 Å². The largest absolute Gasteiger partial charge is 0.0879 e. The minimum absolute atomic E-state index is 0.579. The number of unbranched alkanes of at least 4 members (excludes halogenated alkanes) is 2. The van der Waals surface area contributed by atoms with Crippen LogP contribution in [0.1, 0.15) is 57.9 Å². The Kier molecular flexibility index (Phi) is 6.89. The molecular weight excluding hydrogens is 312 g/mol. The summed E-state index contributed by atoms with van der Waals surface area (Å²) in [5.41, 5.74) is 7.57. The van der Waals surface area contributed by atoms with E-state index in [1.807, 2.05) is 0 Å². The fourth-order valence-corrected chi connectivity index (χ4v) is 3.80. The predicted molar refractivity (Wildman–Crippen MR) is 114 cm³/mol. The van der Waals surface area contributed by atoms with Gasteiger partial charge in [-0.3, -0.25) is 0 Å². The normalized spacial score (nSPS) is 21.8. The average molecular weight is 345 g/mol. The van der Waals surface area contributed by atoms with Crippen LogP contribution in [0.5, 0.6) is 0 Å². The zero-order chi connectivity index (χ0) is 18.2. The maximum absolute atomic E-state index is 2.47. The molecule has 136 valence electrons. The van der Waals surface area contributed by atoms with Crippen molar-refractivity contribution in [2.24, 2.45) is 5.92 Å². The lowest BCUT2D eigenvalue weighted by Crippen LogP contribution is -1.98. The van der Waals surface area contributed by atoms with Crippen molar-refractivity contribution in [2.45, 2.75) is 58.8 Å². The number of allylic oxidation sites excluding steroid dienone is 10. The third-order valence-corrected chi connectivity index (χ3v) is 5.70. The molecule has 1 atom stereocenters. The van der Waals surface area contributed by atoms with Crippen LogP contribution in [0, 0.1) is 5.92 Å². The Morgan fingerprint density at radius 1 is 1.04 bits per heavy atom. The van der Waals surface area contributed by atoms with Gasteiger partial charge in [-0.2, -0.15) is 0 Å². The number of benzene rings is 1. The molecule has 2 aliphatic carbocycles. The van der Waals surface area contributed by atoms with Crippen LogP contribution >= 0.6 is 0 Å². The molecule has 0 bridgehead atoms. The Balaban J connectivity index is 1.36. The highest BCUT2D eigenvalue weighted by atomic mass is 14.2. The maximum atomic E-state index is 2.47. The zero-order valence-corrected chi connectivity index (χ0v) is 16.4. The maximum Gasteiger partial charge on any atom is -0.00155 e. The van der Waals surface area contributed by atoms with E-state index in [1.54, 1.807) is 16.7 Å². The Labute approximate surface area is 159 Å². The second kappa shape index (κ2) is 9.57. The predicted octanol–water partition coefficient (Wildman–Crippen LogP) is 7.51. The first kappa shape index (κ1) is 18.7. The summed E-state index contributed by atoms with van der Waals surface area (Å²) >= 11 is 0. The summed E-state index contributed by atoms with van der Waals surface area (Å²) in [6.45, 7) is 4.55. The second-order valence-corrected chi connectivity index (χ2v) is 7.69. The Hall–Kier alpha value is -2.08. The summed E-state index contributed by atoms with van der Waals surface area (Å²) in [6, 6.07) is 10.7. The second-order valence-electron chi connectivity index (χ2n) is 7.69. The molecule has 0 N–H and O–H groups in total. The van der Waals surface area contributed by atoms with E-state index in [-0.39, 0.29) is 0 Å². The molecule has 2 aliphatic rings. The smallest absolute Gasteiger partial charge is 0.00155 e. The van der Waals surface area contributed by atoms with E-state index in [9.17, 15) is 0 Å². The topological polar surface area (TPSA) is 0 Å². The molecule has 0 aromatic heterocycles. The van der Waals surface area contributed by atoms with Crippen LogP contribution < -0.4 is 0 Å². The molecule has 0 heterocycles. The molecule has 26 heavy (non-hydrogen) atoms. The lowest BCUT2D eigenvalue weighted by atomic mass is 9.93. The Bertz CT molecular complexity index is 738. The molecule has 1 aromatic rings. The van der Waals surface area contributed by atoms with E-state index < -0.39 is 0 Å². The minimum Gasteiger partial charge on any atom is -0.0879 e. The van der Waals surface area contributed by atoms with Crippen molar-refractivity contribution in [3.63, 3.8) is 0 Å². The van der Waals surface area contributed by atoms with E-state index in [0.29, 0.717) is 5.92 Å². The molecule has 0 amide bonds. The highest BCUT2D eigenvalue weighted by Crippen LogP contribution is 2.31. The van der Waals surface area contributed by atoms with Crippen LogP contribution in [-0.2, 0) is 6.42 Å². The van der Waals surface area contributed by atoms with Gasteiger partial charge in [0.2, 0.25) is 0 Å². The summed E-state index contributed by atoms with van der Waals surface area (Å²) in [6.07, 6.45) is 22.7. The summed E-state index contributed by atoms with van der Waals surface area (Å²) in [5.74, 6) is 0.579. The Morgan fingerprint density at radius 2 is 1.88 bits per heavy atom. The molecule has 1 unspecified atom stereocenters. The zero-order valence-electron chi connectivity index (χ0n) is 16.4. The SMILES string of the molecule is CC1=C(C)/C(=C\CCC/C=C\C2C=CC(Cc3ccccc3)=CC2)CC1. The van der Waals surface area contributed by atoms with E-state index in [2.05, 4.69) is 80.6 Å². The first-order valence-electron chi connectivity index (χ1n) is 10.2. The number of rotatable bonds is 7. The van der Waals surface area contributed by atoms with Gasteiger partial charge in [0.25, 0.3) is 0 Å². The average Bonchev–Trinajstić information content (AvgIpc) is 2.99. The molecule has 3 rings (SSSR count). The van der Waals surface area contributed by atoms with Crippen molar-refractivity contribution in [1.29, 1.82) is 0 Å². The van der Waals surface area contributed by atoms with Crippen molar-refractivity contribution in [2.75, 3.05) is 0 Å². The monoisotopic (exact) mass is 344 g/mol. The first-order chi connectivity index (χ1) is 12.7. The summed E-state index contributed by atoms with van der Waals surface area (Å²) in [4.78, 5) is 0. The minimum atomic E-state index is 0.579. The number of hydrogen-bond donors (Lipinski definition) is 0. The highest BCUT2D eigenvalue weighted by Gasteiger charge is 2.11. The van der Waals surface area contributed by atoms with Crippen molar-refractivity contribution >= 4 is 0 Å². The lowest BCUT2D eigenvalue weighted by molar-refractivity contribution is 0.792. The molecule has 0 heteroatoms. The summed E-state index contributed by atoms with van der Waals surface area (Å²) in [5, 5.41) is 0. The van der Waals surface area contributed by atoms with Crippen LogP contribution in [-0.4, -0.2) is 0 Å². The van der Waals surface area contributed by atoms with Gasteiger partial charge >= 0.3 is 0 Å². The Morgan fingerprint density at radius 3 is 2.58 bits per heavy atom. The number of hydrogen-bond acceptors (Lipinski definition) is 0. The van der Waals surface area contributed by atoms with Crippen LogP contribution in [0.25, 0.3) is 0 Å². The molecule has 0 fully saturated rings. The highest BCUT2D eigenvalue weighted by molar-refractivity contribution is 5.38. The van der Waals surface area contributed by atoms with Gasteiger partial charge in [0.15, 0.2) is 0 Å². The van der Waals surface area contributed by atoms with Gasteiger partial charge < -0.3 is 0 Å². The van der Waals surface area contributed by atoms with E-state index in [0.717, 1.165) is 12.8 Å². The van der Waals surface area contributed by atoms with Crippen LogP contribution in [0.3, 0.4) is 0 Å². The van der Waals surface area contributed by atoms with Crippen molar-refractivity contribution in [1.82, 2.24) is 0 Å². The summed E-state index contributed by atoms with van der Waals surface area (Å²) in [7, 11) is 0. The van der Waals surface area contributed by atoms with Crippen LogP contribution in [0.4, 0.5) is 0 Å². The van der Waals surface area contributed by atoms with Gasteiger partial charge in [0.1, 0.15) is 0 Å². The van der Waals surface area contributed by atoms with Gasteiger partial charge in [-0.25, -0.2) is 0 Å².